The van der Waals surface area contributed by atoms with Crippen LogP contribution in [0.25, 0.3) is 0 Å². The summed E-state index contributed by atoms with van der Waals surface area (Å²) in [6, 6.07) is 0. The van der Waals surface area contributed by atoms with E-state index in [2.05, 4.69) is 13.8 Å². The highest BCUT2D eigenvalue weighted by atomic mass is 16.5. The molecule has 0 spiro atoms. The van der Waals surface area contributed by atoms with Crippen molar-refractivity contribution in [3.05, 3.63) is 0 Å². The zero-order valence-corrected chi connectivity index (χ0v) is 10.0. The molecule has 2 N–H and O–H groups in total. The molecule has 2 heteroatoms. The molecular formula is C12H25NO. The second kappa shape index (κ2) is 4.63. The smallest absolute Gasteiger partial charge is 0.0644 e. The summed E-state index contributed by atoms with van der Waals surface area (Å²) >= 11 is 0. The summed E-state index contributed by atoms with van der Waals surface area (Å²) in [5.41, 5.74) is 5.70. The molecule has 0 aliphatic heterocycles. The van der Waals surface area contributed by atoms with Gasteiger partial charge in [0.25, 0.3) is 0 Å². The molecule has 1 aliphatic rings. The Balaban J connectivity index is 2.27. The Labute approximate surface area is 88.2 Å². The standard InChI is InChI=1S/C12H25NO/c1-9-5-6-11(7-10(9)2)14-8-12(3,4)13/h9-11H,5-8,13H2,1-4H3. The molecule has 1 saturated carbocycles. The fourth-order valence-corrected chi connectivity index (χ4v) is 1.98. The summed E-state index contributed by atoms with van der Waals surface area (Å²) in [5, 5.41) is 0. The molecule has 1 fully saturated rings. The first kappa shape index (κ1) is 12.0. The van der Waals surface area contributed by atoms with Crippen molar-refractivity contribution in [2.24, 2.45) is 17.6 Å². The molecule has 0 aromatic heterocycles. The monoisotopic (exact) mass is 199 g/mol. The number of nitrogens with two attached hydrogens (primary N) is 1. The van der Waals surface area contributed by atoms with Crippen molar-refractivity contribution >= 4 is 0 Å². The lowest BCUT2D eigenvalue weighted by atomic mass is 9.80. The minimum Gasteiger partial charge on any atom is -0.376 e. The van der Waals surface area contributed by atoms with Crippen molar-refractivity contribution < 1.29 is 4.74 Å². The van der Waals surface area contributed by atoms with Gasteiger partial charge in [0, 0.05) is 5.54 Å². The van der Waals surface area contributed by atoms with E-state index in [9.17, 15) is 0 Å². The number of hydrogen-bond donors (Lipinski definition) is 1. The molecule has 2 nitrogen and oxygen atoms in total. The third-order valence-corrected chi connectivity index (χ3v) is 3.24. The Kier molecular flexibility index (Phi) is 3.96. The van der Waals surface area contributed by atoms with Gasteiger partial charge in [0.15, 0.2) is 0 Å². The first-order valence-corrected chi connectivity index (χ1v) is 5.79. The third-order valence-electron chi connectivity index (χ3n) is 3.24. The van der Waals surface area contributed by atoms with Gasteiger partial charge < -0.3 is 10.5 Å². The molecule has 0 aromatic rings. The summed E-state index contributed by atoms with van der Waals surface area (Å²) in [6.45, 7) is 9.38. The largest absolute Gasteiger partial charge is 0.376 e. The van der Waals surface area contributed by atoms with Crippen LogP contribution in [0.3, 0.4) is 0 Å². The molecule has 3 atom stereocenters. The topological polar surface area (TPSA) is 35.2 Å². The Morgan fingerprint density at radius 3 is 2.36 bits per heavy atom. The molecule has 0 radical (unpaired) electrons. The van der Waals surface area contributed by atoms with Crippen LogP contribution in [0.4, 0.5) is 0 Å². The predicted molar refractivity (Wildman–Crippen MR) is 60.2 cm³/mol. The van der Waals surface area contributed by atoms with E-state index in [1.54, 1.807) is 0 Å². The lowest BCUT2D eigenvalue weighted by Crippen LogP contribution is -2.40. The second-order valence-electron chi connectivity index (χ2n) is 5.69. The molecule has 1 rings (SSSR count). The predicted octanol–water partition coefficient (Wildman–Crippen LogP) is 2.57. The van der Waals surface area contributed by atoms with Crippen LogP contribution in [-0.4, -0.2) is 18.2 Å². The minimum absolute atomic E-state index is 0.188. The van der Waals surface area contributed by atoms with E-state index in [0.29, 0.717) is 12.7 Å². The second-order valence-corrected chi connectivity index (χ2v) is 5.69. The first-order chi connectivity index (χ1) is 6.38. The number of hydrogen-bond acceptors (Lipinski definition) is 2. The Morgan fingerprint density at radius 2 is 1.86 bits per heavy atom. The average molecular weight is 199 g/mol. The molecule has 84 valence electrons. The molecular weight excluding hydrogens is 174 g/mol. The molecule has 0 heterocycles. The highest BCUT2D eigenvalue weighted by molar-refractivity contribution is 4.78. The van der Waals surface area contributed by atoms with Gasteiger partial charge in [0.2, 0.25) is 0 Å². The van der Waals surface area contributed by atoms with Crippen molar-refractivity contribution in [3.63, 3.8) is 0 Å². The zero-order valence-electron chi connectivity index (χ0n) is 10.0. The van der Waals surface area contributed by atoms with Crippen LogP contribution in [0.1, 0.15) is 47.0 Å². The lowest BCUT2D eigenvalue weighted by Gasteiger charge is -2.33. The number of ether oxygens (including phenoxy) is 1. The van der Waals surface area contributed by atoms with E-state index in [4.69, 9.17) is 10.5 Å². The maximum absolute atomic E-state index is 5.89. The summed E-state index contributed by atoms with van der Waals surface area (Å²) < 4.78 is 5.84. The van der Waals surface area contributed by atoms with Gasteiger partial charge in [-0.15, -0.1) is 0 Å². The highest BCUT2D eigenvalue weighted by Crippen LogP contribution is 2.31. The van der Waals surface area contributed by atoms with E-state index >= 15 is 0 Å². The minimum atomic E-state index is -0.188. The Bertz CT molecular complexity index is 174. The average Bonchev–Trinajstić information content (AvgIpc) is 2.06. The number of rotatable bonds is 3. The normalized spacial score (nSPS) is 34.5. The fourth-order valence-electron chi connectivity index (χ4n) is 1.98. The van der Waals surface area contributed by atoms with Crippen molar-refractivity contribution in [1.82, 2.24) is 0 Å². The van der Waals surface area contributed by atoms with E-state index < -0.39 is 0 Å². The van der Waals surface area contributed by atoms with Crippen molar-refractivity contribution in [1.29, 1.82) is 0 Å². The molecule has 0 bridgehead atoms. The maximum atomic E-state index is 5.89. The molecule has 3 unspecified atom stereocenters. The molecule has 0 amide bonds. The SMILES string of the molecule is CC1CCC(OCC(C)(C)N)CC1C. The summed E-state index contributed by atoms with van der Waals surface area (Å²) in [7, 11) is 0. The van der Waals surface area contributed by atoms with Gasteiger partial charge in [0.05, 0.1) is 12.7 Å². The van der Waals surface area contributed by atoms with E-state index in [-0.39, 0.29) is 5.54 Å². The van der Waals surface area contributed by atoms with Crippen LogP contribution < -0.4 is 5.73 Å². The Hall–Kier alpha value is -0.0800. The van der Waals surface area contributed by atoms with E-state index in [0.717, 1.165) is 11.8 Å². The lowest BCUT2D eigenvalue weighted by molar-refractivity contribution is -0.0148. The molecule has 0 saturated heterocycles. The highest BCUT2D eigenvalue weighted by Gasteiger charge is 2.26. The van der Waals surface area contributed by atoms with Gasteiger partial charge in [-0.05, 0) is 44.9 Å². The van der Waals surface area contributed by atoms with Crippen molar-refractivity contribution in [3.8, 4) is 0 Å². The Morgan fingerprint density at radius 1 is 1.21 bits per heavy atom. The van der Waals surface area contributed by atoms with Gasteiger partial charge in [0.1, 0.15) is 0 Å². The third kappa shape index (κ3) is 3.97. The van der Waals surface area contributed by atoms with Gasteiger partial charge in [-0.25, -0.2) is 0 Å². The summed E-state index contributed by atoms with van der Waals surface area (Å²) in [5.74, 6) is 1.66. The van der Waals surface area contributed by atoms with Gasteiger partial charge in [-0.3, -0.25) is 0 Å². The first-order valence-electron chi connectivity index (χ1n) is 5.79. The summed E-state index contributed by atoms with van der Waals surface area (Å²) in [4.78, 5) is 0. The van der Waals surface area contributed by atoms with Crippen LogP contribution in [0, 0.1) is 11.8 Å². The van der Waals surface area contributed by atoms with Crippen LogP contribution in [0.5, 0.6) is 0 Å². The van der Waals surface area contributed by atoms with Gasteiger partial charge in [-0.2, -0.15) is 0 Å². The van der Waals surface area contributed by atoms with Crippen LogP contribution in [0.15, 0.2) is 0 Å². The maximum Gasteiger partial charge on any atom is 0.0644 e. The van der Waals surface area contributed by atoms with Gasteiger partial charge in [-0.1, -0.05) is 13.8 Å². The van der Waals surface area contributed by atoms with Crippen LogP contribution >= 0.6 is 0 Å². The van der Waals surface area contributed by atoms with Crippen molar-refractivity contribution in [2.45, 2.75) is 58.6 Å². The molecule has 14 heavy (non-hydrogen) atoms. The van der Waals surface area contributed by atoms with Gasteiger partial charge >= 0.3 is 0 Å². The summed E-state index contributed by atoms with van der Waals surface area (Å²) in [6.07, 6.45) is 4.17. The van der Waals surface area contributed by atoms with Crippen LogP contribution in [0.2, 0.25) is 0 Å². The van der Waals surface area contributed by atoms with E-state index in [1.165, 1.54) is 19.3 Å². The van der Waals surface area contributed by atoms with E-state index in [1.807, 2.05) is 13.8 Å². The zero-order chi connectivity index (χ0) is 10.8. The van der Waals surface area contributed by atoms with Crippen molar-refractivity contribution in [2.75, 3.05) is 6.61 Å². The quantitative estimate of drug-likeness (QED) is 0.758. The van der Waals surface area contributed by atoms with Crippen LogP contribution in [-0.2, 0) is 4.74 Å². The fraction of sp³-hybridized carbons (Fsp3) is 1.00. The molecule has 0 aromatic carbocycles. The molecule has 1 aliphatic carbocycles.